The standard InChI is InChI=1S/C10H12N4O2/c1-6-3-4-13-9(14-6)7(5-12-2)8(11)10(15)16/h3-5,11-12H,1-2H3,(H,15,16)/b7-5+,11-8?. The lowest BCUT2D eigenvalue weighted by atomic mass is 10.1. The van der Waals surface area contributed by atoms with Crippen molar-refractivity contribution in [3.8, 4) is 0 Å². The van der Waals surface area contributed by atoms with Crippen molar-refractivity contribution in [3.63, 3.8) is 0 Å². The van der Waals surface area contributed by atoms with Crippen LogP contribution in [0.4, 0.5) is 0 Å². The molecular weight excluding hydrogens is 208 g/mol. The molecule has 0 aliphatic rings. The number of rotatable bonds is 4. The topological polar surface area (TPSA) is 99.0 Å². The summed E-state index contributed by atoms with van der Waals surface area (Å²) < 4.78 is 0. The average molecular weight is 220 g/mol. The first-order valence-corrected chi connectivity index (χ1v) is 4.56. The van der Waals surface area contributed by atoms with Gasteiger partial charge in [0.05, 0.1) is 5.57 Å². The van der Waals surface area contributed by atoms with Crippen molar-refractivity contribution >= 4 is 17.3 Å². The van der Waals surface area contributed by atoms with Crippen LogP contribution in [-0.4, -0.2) is 33.8 Å². The number of carboxylic acid groups (broad SMARTS) is 1. The Bertz CT molecular complexity index is 454. The first-order chi connectivity index (χ1) is 7.56. The van der Waals surface area contributed by atoms with Gasteiger partial charge in [0.1, 0.15) is 0 Å². The zero-order valence-corrected chi connectivity index (χ0v) is 8.98. The predicted molar refractivity (Wildman–Crippen MR) is 59.2 cm³/mol. The van der Waals surface area contributed by atoms with E-state index in [1.54, 1.807) is 20.0 Å². The third-order valence-electron chi connectivity index (χ3n) is 1.81. The summed E-state index contributed by atoms with van der Waals surface area (Å²) in [5.41, 5.74) is 0.323. The summed E-state index contributed by atoms with van der Waals surface area (Å²) in [6, 6.07) is 1.70. The Labute approximate surface area is 92.6 Å². The van der Waals surface area contributed by atoms with Gasteiger partial charge in [-0.25, -0.2) is 14.8 Å². The Kier molecular flexibility index (Phi) is 3.71. The summed E-state index contributed by atoms with van der Waals surface area (Å²) in [4.78, 5) is 18.7. The molecule has 0 aliphatic heterocycles. The van der Waals surface area contributed by atoms with Crippen LogP contribution < -0.4 is 5.32 Å². The molecule has 6 heteroatoms. The molecule has 0 aliphatic carbocycles. The molecule has 0 fully saturated rings. The number of hydrogen-bond acceptors (Lipinski definition) is 5. The van der Waals surface area contributed by atoms with Crippen molar-refractivity contribution in [3.05, 3.63) is 30.0 Å². The molecule has 0 saturated carbocycles. The van der Waals surface area contributed by atoms with E-state index < -0.39 is 11.7 Å². The van der Waals surface area contributed by atoms with Crippen molar-refractivity contribution in [2.24, 2.45) is 0 Å². The van der Waals surface area contributed by atoms with E-state index in [2.05, 4.69) is 15.3 Å². The molecule has 0 spiro atoms. The summed E-state index contributed by atoms with van der Waals surface area (Å²) in [5.74, 6) is -1.09. The second-order valence-electron chi connectivity index (χ2n) is 3.05. The van der Waals surface area contributed by atoms with Gasteiger partial charge in [0.25, 0.3) is 0 Å². The van der Waals surface area contributed by atoms with Crippen molar-refractivity contribution in [1.29, 1.82) is 5.41 Å². The van der Waals surface area contributed by atoms with E-state index in [4.69, 9.17) is 10.5 Å². The molecule has 0 bridgehead atoms. The third kappa shape index (κ3) is 2.63. The van der Waals surface area contributed by atoms with Gasteiger partial charge in [0.15, 0.2) is 11.5 Å². The van der Waals surface area contributed by atoms with E-state index in [-0.39, 0.29) is 11.4 Å². The number of hydrogen-bond donors (Lipinski definition) is 3. The molecule has 84 valence electrons. The lowest BCUT2D eigenvalue weighted by Gasteiger charge is -2.05. The number of carboxylic acids is 1. The van der Waals surface area contributed by atoms with Crippen molar-refractivity contribution in [2.75, 3.05) is 7.05 Å². The summed E-state index contributed by atoms with van der Waals surface area (Å²) in [6.07, 6.45) is 2.92. The molecule has 0 unspecified atom stereocenters. The maximum atomic E-state index is 10.7. The number of aryl methyl sites for hydroxylation is 1. The molecule has 16 heavy (non-hydrogen) atoms. The van der Waals surface area contributed by atoms with Crippen LogP contribution in [0.3, 0.4) is 0 Å². The fraction of sp³-hybridized carbons (Fsp3) is 0.200. The quantitative estimate of drug-likeness (QED) is 0.640. The van der Waals surface area contributed by atoms with Gasteiger partial charge in [-0.1, -0.05) is 0 Å². The second kappa shape index (κ2) is 5.01. The van der Waals surface area contributed by atoms with Gasteiger partial charge in [0.2, 0.25) is 0 Å². The Morgan fingerprint density at radius 2 is 2.31 bits per heavy atom. The van der Waals surface area contributed by atoms with Gasteiger partial charge in [-0.2, -0.15) is 0 Å². The number of aliphatic carboxylic acids is 1. The van der Waals surface area contributed by atoms with Gasteiger partial charge in [0, 0.05) is 25.1 Å². The number of nitrogens with zero attached hydrogens (tertiary/aromatic N) is 2. The van der Waals surface area contributed by atoms with Crippen LogP contribution in [0.5, 0.6) is 0 Å². The van der Waals surface area contributed by atoms with Crippen LogP contribution in [0.15, 0.2) is 18.5 Å². The summed E-state index contributed by atoms with van der Waals surface area (Å²) >= 11 is 0. The lowest BCUT2D eigenvalue weighted by molar-refractivity contribution is -0.129. The number of carbonyl (C=O) groups is 1. The first kappa shape index (κ1) is 11.8. The Balaban J connectivity index is 3.19. The van der Waals surface area contributed by atoms with Crippen molar-refractivity contribution < 1.29 is 9.90 Å². The van der Waals surface area contributed by atoms with E-state index in [9.17, 15) is 4.79 Å². The van der Waals surface area contributed by atoms with Crippen molar-refractivity contribution in [1.82, 2.24) is 15.3 Å². The second-order valence-corrected chi connectivity index (χ2v) is 3.05. The first-order valence-electron chi connectivity index (χ1n) is 4.56. The number of nitrogens with one attached hydrogen (secondary N) is 2. The summed E-state index contributed by atoms with van der Waals surface area (Å²) in [5, 5.41) is 18.9. The van der Waals surface area contributed by atoms with E-state index in [0.29, 0.717) is 5.69 Å². The minimum absolute atomic E-state index is 0.152. The highest BCUT2D eigenvalue weighted by Gasteiger charge is 2.17. The van der Waals surface area contributed by atoms with Crippen LogP contribution in [0.1, 0.15) is 11.5 Å². The number of aromatic nitrogens is 2. The smallest absolute Gasteiger partial charge is 0.354 e. The molecule has 1 heterocycles. The zero-order chi connectivity index (χ0) is 12.1. The Morgan fingerprint density at radius 3 is 2.81 bits per heavy atom. The van der Waals surface area contributed by atoms with Crippen LogP contribution in [0, 0.1) is 12.3 Å². The SMILES string of the molecule is CN/C=C(\C(=N)C(=O)O)c1nccc(C)n1. The van der Waals surface area contributed by atoms with Gasteiger partial charge < -0.3 is 10.4 Å². The van der Waals surface area contributed by atoms with E-state index in [1.165, 1.54) is 12.4 Å². The van der Waals surface area contributed by atoms with Gasteiger partial charge in [-0.15, -0.1) is 0 Å². The van der Waals surface area contributed by atoms with Crippen LogP contribution in [0.25, 0.3) is 5.57 Å². The molecule has 0 radical (unpaired) electrons. The van der Waals surface area contributed by atoms with Gasteiger partial charge in [-0.05, 0) is 13.0 Å². The summed E-state index contributed by atoms with van der Waals surface area (Å²) in [7, 11) is 1.62. The molecule has 0 aromatic carbocycles. The van der Waals surface area contributed by atoms with E-state index in [1.807, 2.05) is 0 Å². The highest BCUT2D eigenvalue weighted by molar-refractivity contribution is 6.52. The average Bonchev–Trinajstić information content (AvgIpc) is 2.24. The molecule has 0 atom stereocenters. The zero-order valence-electron chi connectivity index (χ0n) is 8.98. The van der Waals surface area contributed by atoms with Gasteiger partial charge in [-0.3, -0.25) is 5.41 Å². The molecule has 6 nitrogen and oxygen atoms in total. The highest BCUT2D eigenvalue weighted by Crippen LogP contribution is 2.10. The molecule has 1 rings (SSSR count). The Hall–Kier alpha value is -2.24. The van der Waals surface area contributed by atoms with Crippen LogP contribution in [-0.2, 0) is 4.79 Å². The van der Waals surface area contributed by atoms with E-state index >= 15 is 0 Å². The van der Waals surface area contributed by atoms with Crippen LogP contribution in [0.2, 0.25) is 0 Å². The van der Waals surface area contributed by atoms with Crippen LogP contribution >= 0.6 is 0 Å². The maximum Gasteiger partial charge on any atom is 0.354 e. The molecule has 1 aromatic rings. The maximum absolute atomic E-state index is 10.7. The molecule has 3 N–H and O–H groups in total. The minimum atomic E-state index is -1.31. The molecule has 0 amide bonds. The largest absolute Gasteiger partial charge is 0.477 e. The van der Waals surface area contributed by atoms with Gasteiger partial charge >= 0.3 is 5.97 Å². The lowest BCUT2D eigenvalue weighted by Crippen LogP contribution is -2.17. The monoisotopic (exact) mass is 220 g/mol. The third-order valence-corrected chi connectivity index (χ3v) is 1.81. The predicted octanol–water partition coefficient (Wildman–Crippen LogP) is 0.450. The van der Waals surface area contributed by atoms with Crippen molar-refractivity contribution in [2.45, 2.75) is 6.92 Å². The van der Waals surface area contributed by atoms with E-state index in [0.717, 1.165) is 0 Å². The normalized spacial score (nSPS) is 11.0. The fourth-order valence-corrected chi connectivity index (χ4v) is 1.09. The minimum Gasteiger partial charge on any atom is -0.477 e. The molecular formula is C10H12N4O2. The fourth-order valence-electron chi connectivity index (χ4n) is 1.09. The summed E-state index contributed by atoms with van der Waals surface area (Å²) in [6.45, 7) is 1.77. The Morgan fingerprint density at radius 1 is 1.62 bits per heavy atom. The molecule has 0 saturated heterocycles. The molecule has 1 aromatic heterocycles. The highest BCUT2D eigenvalue weighted by atomic mass is 16.4.